The number of thiocarbonyl (C=S) groups is 1. The Bertz CT molecular complexity index is 328. The Morgan fingerprint density at radius 3 is 3.09 bits per heavy atom. The maximum absolute atomic E-state index is 4.95. The van der Waals surface area contributed by atoms with Gasteiger partial charge in [0.25, 0.3) is 0 Å². The third-order valence-corrected chi connectivity index (χ3v) is 1.90. The molecule has 1 heterocycles. The number of rotatable bonds is 0. The van der Waals surface area contributed by atoms with E-state index in [1.165, 1.54) is 5.56 Å². The molecule has 2 heteroatoms. The van der Waals surface area contributed by atoms with Crippen molar-refractivity contribution >= 4 is 23.4 Å². The Balaban J connectivity index is 2.54. The van der Waals surface area contributed by atoms with E-state index < -0.39 is 0 Å². The summed E-state index contributed by atoms with van der Waals surface area (Å²) in [5.41, 5.74) is 2.30. The third kappa shape index (κ3) is 1.21. The highest BCUT2D eigenvalue weighted by molar-refractivity contribution is 7.80. The normalized spacial score (nSPS) is 14.7. The molecular formula is C9H6NS. The second kappa shape index (κ2) is 2.55. The van der Waals surface area contributed by atoms with Gasteiger partial charge in [-0.05, 0) is 5.56 Å². The quantitative estimate of drug-likeness (QED) is 0.528. The van der Waals surface area contributed by atoms with Gasteiger partial charge in [-0.3, -0.25) is 0 Å². The van der Waals surface area contributed by atoms with E-state index in [1.807, 2.05) is 18.2 Å². The molecule has 1 aliphatic rings. The molecule has 0 spiro atoms. The molecule has 0 unspecified atom stereocenters. The molecule has 53 valence electrons. The zero-order chi connectivity index (χ0) is 7.68. The van der Waals surface area contributed by atoms with Crippen LogP contribution in [0.3, 0.4) is 0 Å². The van der Waals surface area contributed by atoms with Gasteiger partial charge in [-0.25, -0.2) is 4.99 Å². The highest BCUT2D eigenvalue weighted by Crippen LogP contribution is 2.12. The maximum Gasteiger partial charge on any atom is 0.108 e. The van der Waals surface area contributed by atoms with Crippen molar-refractivity contribution in [3.63, 3.8) is 0 Å². The zero-order valence-electron chi connectivity index (χ0n) is 5.87. The fraction of sp³-hybridized carbons (Fsp3) is 0.111. The van der Waals surface area contributed by atoms with E-state index in [9.17, 15) is 0 Å². The molecule has 0 fully saturated rings. The van der Waals surface area contributed by atoms with E-state index in [2.05, 4.69) is 17.3 Å². The molecule has 0 saturated heterocycles. The molecule has 1 aliphatic heterocycles. The zero-order valence-corrected chi connectivity index (χ0v) is 6.69. The van der Waals surface area contributed by atoms with Gasteiger partial charge in [-0.2, -0.15) is 0 Å². The minimum atomic E-state index is 0.726. The van der Waals surface area contributed by atoms with Crippen LogP contribution in [0.2, 0.25) is 0 Å². The average molecular weight is 160 g/mol. The molecule has 0 aromatic heterocycles. The van der Waals surface area contributed by atoms with Crippen molar-refractivity contribution in [2.24, 2.45) is 4.99 Å². The minimum Gasteiger partial charge on any atom is -0.239 e. The largest absolute Gasteiger partial charge is 0.239 e. The molecule has 1 nitrogen and oxygen atoms in total. The monoisotopic (exact) mass is 160 g/mol. The molecule has 0 N–H and O–H groups in total. The van der Waals surface area contributed by atoms with Gasteiger partial charge in [0.05, 0.1) is 6.21 Å². The lowest BCUT2D eigenvalue weighted by Gasteiger charge is -2.07. The van der Waals surface area contributed by atoms with Crippen LogP contribution < -0.4 is 0 Å². The van der Waals surface area contributed by atoms with Crippen LogP contribution in [0.1, 0.15) is 11.1 Å². The molecule has 1 aromatic rings. The first-order valence-corrected chi connectivity index (χ1v) is 3.84. The van der Waals surface area contributed by atoms with Gasteiger partial charge in [0.1, 0.15) is 4.99 Å². The van der Waals surface area contributed by atoms with Crippen molar-refractivity contribution < 1.29 is 0 Å². The predicted molar refractivity (Wildman–Crippen MR) is 49.3 cm³/mol. The molecule has 11 heavy (non-hydrogen) atoms. The Labute approximate surface area is 70.8 Å². The summed E-state index contributed by atoms with van der Waals surface area (Å²) in [6, 6.07) is 8.05. The van der Waals surface area contributed by atoms with E-state index >= 15 is 0 Å². The first-order valence-electron chi connectivity index (χ1n) is 3.44. The smallest absolute Gasteiger partial charge is 0.108 e. The lowest BCUT2D eigenvalue weighted by molar-refractivity contribution is 1.29. The first kappa shape index (κ1) is 6.68. The van der Waals surface area contributed by atoms with Gasteiger partial charge in [0, 0.05) is 12.0 Å². The number of benzene rings is 1. The minimum absolute atomic E-state index is 0.726. The van der Waals surface area contributed by atoms with Crippen LogP contribution in [0.5, 0.6) is 0 Å². The van der Waals surface area contributed by atoms with Crippen LogP contribution in [0.15, 0.2) is 29.3 Å². The van der Waals surface area contributed by atoms with Crippen LogP contribution in [0, 0.1) is 0 Å². The summed E-state index contributed by atoms with van der Waals surface area (Å²) in [5, 5.41) is 0. The van der Waals surface area contributed by atoms with E-state index in [1.54, 1.807) is 0 Å². The summed E-state index contributed by atoms with van der Waals surface area (Å²) in [6.45, 7) is 0. The van der Waals surface area contributed by atoms with Crippen LogP contribution in [0.25, 0.3) is 0 Å². The van der Waals surface area contributed by atoms with Crippen molar-refractivity contribution in [3.05, 3.63) is 35.4 Å². The first-order chi connectivity index (χ1) is 5.36. The second-order valence-electron chi connectivity index (χ2n) is 2.45. The Hall–Kier alpha value is -1.02. The molecule has 0 aliphatic carbocycles. The molecular weight excluding hydrogens is 154 g/mol. The Morgan fingerprint density at radius 1 is 1.36 bits per heavy atom. The van der Waals surface area contributed by atoms with Gasteiger partial charge >= 0.3 is 0 Å². The number of nitrogens with zero attached hydrogens (tertiary/aromatic N) is 1. The second-order valence-corrected chi connectivity index (χ2v) is 2.92. The standard InChI is InChI=1S/C9H6NS/c11-9-5-7-3-1-2-4-8(7)6-10-9/h1-4H,5H2. The third-order valence-electron chi connectivity index (χ3n) is 1.66. The van der Waals surface area contributed by atoms with Crippen LogP contribution in [0.4, 0.5) is 0 Å². The van der Waals surface area contributed by atoms with Gasteiger partial charge in [-0.1, -0.05) is 36.5 Å². The van der Waals surface area contributed by atoms with Crippen LogP contribution >= 0.6 is 12.2 Å². The summed E-state index contributed by atoms with van der Waals surface area (Å²) in [6.07, 6.45) is 3.69. The van der Waals surface area contributed by atoms with Gasteiger partial charge in [-0.15, -0.1) is 0 Å². The molecule has 0 amide bonds. The molecule has 1 radical (unpaired) electrons. The van der Waals surface area contributed by atoms with Crippen molar-refractivity contribution in [1.82, 2.24) is 0 Å². The molecule has 0 atom stereocenters. The van der Waals surface area contributed by atoms with E-state index in [-0.39, 0.29) is 0 Å². The number of aliphatic imine (C=N–C) groups is 1. The van der Waals surface area contributed by atoms with Crippen molar-refractivity contribution in [3.8, 4) is 0 Å². The summed E-state index contributed by atoms with van der Waals surface area (Å²) in [5.74, 6) is 0. The lowest BCUT2D eigenvalue weighted by atomic mass is 10.0. The molecule has 0 saturated carbocycles. The lowest BCUT2D eigenvalue weighted by Crippen LogP contribution is -2.06. The Morgan fingerprint density at radius 2 is 2.18 bits per heavy atom. The van der Waals surface area contributed by atoms with Crippen molar-refractivity contribution in [1.29, 1.82) is 0 Å². The highest BCUT2D eigenvalue weighted by atomic mass is 32.1. The summed E-state index contributed by atoms with van der Waals surface area (Å²) in [4.78, 5) is 4.68. The summed E-state index contributed by atoms with van der Waals surface area (Å²) < 4.78 is 0. The molecule has 2 rings (SSSR count). The molecule has 1 aromatic carbocycles. The fourth-order valence-corrected chi connectivity index (χ4v) is 1.31. The van der Waals surface area contributed by atoms with Crippen LogP contribution in [-0.2, 0) is 6.42 Å². The van der Waals surface area contributed by atoms with E-state index in [0.717, 1.165) is 17.0 Å². The topological polar surface area (TPSA) is 12.4 Å². The van der Waals surface area contributed by atoms with Crippen molar-refractivity contribution in [2.75, 3.05) is 0 Å². The summed E-state index contributed by atoms with van der Waals surface area (Å²) in [7, 11) is 0. The number of hydrogen-bond donors (Lipinski definition) is 0. The molecule has 0 bridgehead atoms. The summed E-state index contributed by atoms with van der Waals surface area (Å²) >= 11 is 4.95. The van der Waals surface area contributed by atoms with Gasteiger partial charge < -0.3 is 0 Å². The van der Waals surface area contributed by atoms with Crippen molar-refractivity contribution in [2.45, 2.75) is 6.42 Å². The SMILES string of the molecule is S=C1Cc2ccccc2[C]=N1. The Kier molecular flexibility index (Phi) is 1.55. The maximum atomic E-state index is 4.95. The number of hydrogen-bond acceptors (Lipinski definition) is 1. The van der Waals surface area contributed by atoms with E-state index in [0.29, 0.717) is 0 Å². The number of fused-ring (bicyclic) bond motifs is 1. The van der Waals surface area contributed by atoms with Gasteiger partial charge in [0.15, 0.2) is 0 Å². The predicted octanol–water partition coefficient (Wildman–Crippen LogP) is 1.87. The average Bonchev–Trinajstić information content (AvgIpc) is 2.04. The van der Waals surface area contributed by atoms with Gasteiger partial charge in [0.2, 0.25) is 0 Å². The van der Waals surface area contributed by atoms with E-state index in [4.69, 9.17) is 12.2 Å². The highest BCUT2D eigenvalue weighted by Gasteiger charge is 2.07. The van der Waals surface area contributed by atoms with Crippen LogP contribution in [-0.4, -0.2) is 11.2 Å². The fourth-order valence-electron chi connectivity index (χ4n) is 1.11.